The number of halogens is 1. The molecule has 0 spiro atoms. The third-order valence-electron chi connectivity index (χ3n) is 1.83. The van der Waals surface area contributed by atoms with Gasteiger partial charge in [0, 0.05) is 18.1 Å². The van der Waals surface area contributed by atoms with Gasteiger partial charge in [0.1, 0.15) is 0 Å². The largest absolute Gasteiger partial charge is 0.310 e. The van der Waals surface area contributed by atoms with E-state index in [9.17, 15) is 0 Å². The number of hydrogen-bond acceptors (Lipinski definition) is 2. The molecule has 1 rings (SSSR count). The lowest BCUT2D eigenvalue weighted by atomic mass is 10.1. The lowest BCUT2D eigenvalue weighted by Gasteiger charge is -2.21. The average Bonchev–Trinajstić information content (AvgIpc) is 2.07. The molecule has 0 saturated carbocycles. The van der Waals surface area contributed by atoms with Gasteiger partial charge in [0.25, 0.3) is 0 Å². The molecule has 0 aliphatic carbocycles. The van der Waals surface area contributed by atoms with E-state index in [1.807, 2.05) is 6.08 Å². The second-order valence-electron chi connectivity index (χ2n) is 2.66. The van der Waals surface area contributed by atoms with Gasteiger partial charge in [-0.1, -0.05) is 17.7 Å². The van der Waals surface area contributed by atoms with E-state index in [2.05, 4.69) is 17.1 Å². The molecule has 0 bridgehead atoms. The van der Waals surface area contributed by atoms with Crippen molar-refractivity contribution in [2.75, 3.05) is 18.1 Å². The molecule has 1 aliphatic rings. The zero-order chi connectivity index (χ0) is 7.94. The fraction of sp³-hybridized carbons (Fsp3) is 0.750. The molecule has 0 amide bonds. The summed E-state index contributed by atoms with van der Waals surface area (Å²) in [5, 5.41) is 3.44. The van der Waals surface area contributed by atoms with Crippen molar-refractivity contribution >= 4 is 23.4 Å². The number of thioether (sulfide) groups is 1. The van der Waals surface area contributed by atoms with E-state index in [1.54, 1.807) is 5.54 Å². The van der Waals surface area contributed by atoms with Gasteiger partial charge in [0.05, 0.1) is 0 Å². The average molecular weight is 192 g/mol. The van der Waals surface area contributed by atoms with Crippen LogP contribution < -0.4 is 5.32 Å². The highest BCUT2D eigenvalue weighted by atomic mass is 35.5. The molecular formula is C8H14ClNS. The van der Waals surface area contributed by atoms with Gasteiger partial charge in [-0.15, -0.1) is 0 Å². The zero-order valence-corrected chi connectivity index (χ0v) is 8.13. The molecule has 11 heavy (non-hydrogen) atoms. The molecule has 0 atom stereocenters. The van der Waals surface area contributed by atoms with Gasteiger partial charge >= 0.3 is 0 Å². The Morgan fingerprint density at radius 3 is 2.82 bits per heavy atom. The summed E-state index contributed by atoms with van der Waals surface area (Å²) in [6.45, 7) is 0.916. The molecule has 0 radical (unpaired) electrons. The van der Waals surface area contributed by atoms with Crippen LogP contribution in [0.1, 0.15) is 12.8 Å². The summed E-state index contributed by atoms with van der Waals surface area (Å²) < 4.78 is 0. The van der Waals surface area contributed by atoms with Gasteiger partial charge in [0.15, 0.2) is 0 Å². The summed E-state index contributed by atoms with van der Waals surface area (Å²) >= 11 is 7.45. The minimum absolute atomic E-state index is 0.726. The van der Waals surface area contributed by atoms with Crippen LogP contribution in [0.3, 0.4) is 0 Å². The first-order valence-electron chi connectivity index (χ1n) is 4.00. The van der Waals surface area contributed by atoms with Crippen molar-refractivity contribution < 1.29 is 0 Å². The molecule has 1 heterocycles. The SMILES string of the molecule is Cl/C=C/CNC1CCSCC1. The first-order chi connectivity index (χ1) is 5.43. The van der Waals surface area contributed by atoms with Crippen LogP contribution >= 0.6 is 23.4 Å². The molecule has 64 valence electrons. The highest BCUT2D eigenvalue weighted by Crippen LogP contribution is 2.16. The molecule has 1 saturated heterocycles. The van der Waals surface area contributed by atoms with Crippen LogP contribution in [-0.4, -0.2) is 24.1 Å². The predicted molar refractivity (Wildman–Crippen MR) is 53.3 cm³/mol. The smallest absolute Gasteiger partial charge is 0.0149 e. The van der Waals surface area contributed by atoms with Crippen LogP contribution in [0.5, 0.6) is 0 Å². The fourth-order valence-corrected chi connectivity index (χ4v) is 2.38. The van der Waals surface area contributed by atoms with Crippen molar-refractivity contribution in [1.29, 1.82) is 0 Å². The Hall–Kier alpha value is 0.340. The molecule has 0 aromatic carbocycles. The number of nitrogens with one attached hydrogen (secondary N) is 1. The van der Waals surface area contributed by atoms with Crippen molar-refractivity contribution in [3.63, 3.8) is 0 Å². The Bertz CT molecular complexity index is 121. The summed E-state index contributed by atoms with van der Waals surface area (Å²) in [6, 6.07) is 0.726. The maximum Gasteiger partial charge on any atom is 0.0149 e. The lowest BCUT2D eigenvalue weighted by Crippen LogP contribution is -2.32. The second kappa shape index (κ2) is 5.92. The van der Waals surface area contributed by atoms with Crippen LogP contribution in [0, 0.1) is 0 Å². The van der Waals surface area contributed by atoms with E-state index in [0.29, 0.717) is 0 Å². The van der Waals surface area contributed by atoms with Crippen molar-refractivity contribution in [1.82, 2.24) is 5.32 Å². The molecule has 1 fully saturated rings. The Labute approximate surface area is 77.6 Å². The quantitative estimate of drug-likeness (QED) is 0.735. The topological polar surface area (TPSA) is 12.0 Å². The van der Waals surface area contributed by atoms with Gasteiger partial charge < -0.3 is 5.32 Å². The third-order valence-corrected chi connectivity index (χ3v) is 3.06. The molecule has 1 N–H and O–H groups in total. The van der Waals surface area contributed by atoms with E-state index in [-0.39, 0.29) is 0 Å². The Morgan fingerprint density at radius 2 is 2.18 bits per heavy atom. The highest BCUT2D eigenvalue weighted by Gasteiger charge is 2.11. The normalized spacial score (nSPS) is 21.2. The van der Waals surface area contributed by atoms with Gasteiger partial charge in [-0.2, -0.15) is 11.8 Å². The van der Waals surface area contributed by atoms with Crippen molar-refractivity contribution in [3.8, 4) is 0 Å². The van der Waals surface area contributed by atoms with Gasteiger partial charge in [-0.3, -0.25) is 0 Å². The van der Waals surface area contributed by atoms with Crippen molar-refractivity contribution in [2.24, 2.45) is 0 Å². The van der Waals surface area contributed by atoms with Gasteiger partial charge in [-0.05, 0) is 24.3 Å². The number of rotatable bonds is 3. The monoisotopic (exact) mass is 191 g/mol. The minimum Gasteiger partial charge on any atom is -0.310 e. The van der Waals surface area contributed by atoms with E-state index < -0.39 is 0 Å². The van der Waals surface area contributed by atoms with Gasteiger partial charge in [0.2, 0.25) is 0 Å². The van der Waals surface area contributed by atoms with E-state index >= 15 is 0 Å². The molecule has 1 aliphatic heterocycles. The summed E-state index contributed by atoms with van der Waals surface area (Å²) in [5.41, 5.74) is 1.57. The van der Waals surface area contributed by atoms with Crippen LogP contribution in [0.4, 0.5) is 0 Å². The molecule has 0 aromatic rings. The molecule has 0 aromatic heterocycles. The summed E-state index contributed by atoms with van der Waals surface area (Å²) in [5.74, 6) is 2.62. The summed E-state index contributed by atoms with van der Waals surface area (Å²) in [4.78, 5) is 0. The van der Waals surface area contributed by atoms with Crippen molar-refractivity contribution in [2.45, 2.75) is 18.9 Å². The molecule has 3 heteroatoms. The fourth-order valence-electron chi connectivity index (χ4n) is 1.18. The Balaban J connectivity index is 2.04. The van der Waals surface area contributed by atoms with Crippen molar-refractivity contribution in [3.05, 3.63) is 11.6 Å². The zero-order valence-electron chi connectivity index (χ0n) is 6.55. The maximum absolute atomic E-state index is 5.39. The summed E-state index contributed by atoms with van der Waals surface area (Å²) in [7, 11) is 0. The third kappa shape index (κ3) is 4.04. The maximum atomic E-state index is 5.39. The standard InChI is InChI=1S/C8H14ClNS/c9-4-1-5-10-8-2-6-11-7-3-8/h1,4,8,10H,2-3,5-7H2/b4-1+. The first-order valence-corrected chi connectivity index (χ1v) is 5.59. The molecule has 0 unspecified atom stereocenters. The predicted octanol–water partition coefficient (Wildman–Crippen LogP) is 2.22. The lowest BCUT2D eigenvalue weighted by molar-refractivity contribution is 0.508. The Morgan fingerprint density at radius 1 is 1.45 bits per heavy atom. The second-order valence-corrected chi connectivity index (χ2v) is 4.13. The molecular weight excluding hydrogens is 178 g/mol. The van der Waals surface area contributed by atoms with E-state index in [1.165, 1.54) is 24.3 Å². The Kier molecular flexibility index (Phi) is 5.08. The first kappa shape index (κ1) is 9.43. The van der Waals surface area contributed by atoms with Crippen LogP contribution in [0.15, 0.2) is 11.6 Å². The van der Waals surface area contributed by atoms with Crippen LogP contribution in [0.25, 0.3) is 0 Å². The van der Waals surface area contributed by atoms with E-state index in [0.717, 1.165) is 12.6 Å². The van der Waals surface area contributed by atoms with E-state index in [4.69, 9.17) is 11.6 Å². The summed E-state index contributed by atoms with van der Waals surface area (Å²) in [6.07, 6.45) is 4.56. The molecule has 1 nitrogen and oxygen atoms in total. The minimum atomic E-state index is 0.726. The van der Waals surface area contributed by atoms with Crippen LogP contribution in [0.2, 0.25) is 0 Å². The van der Waals surface area contributed by atoms with Crippen LogP contribution in [-0.2, 0) is 0 Å². The van der Waals surface area contributed by atoms with Gasteiger partial charge in [-0.25, -0.2) is 0 Å². The number of hydrogen-bond donors (Lipinski definition) is 1. The highest BCUT2D eigenvalue weighted by molar-refractivity contribution is 7.99.